The van der Waals surface area contributed by atoms with E-state index in [9.17, 15) is 4.79 Å². The number of hydrogen-bond acceptors (Lipinski definition) is 6. The van der Waals surface area contributed by atoms with Crippen LogP contribution in [0, 0.1) is 5.41 Å². The Bertz CT molecular complexity index is 649. The number of carbonyl (C=O) groups excluding carboxylic acids is 1. The minimum Gasteiger partial charge on any atom is -0.492 e. The molecule has 2 aromatic rings. The van der Waals surface area contributed by atoms with Crippen LogP contribution < -0.4 is 4.74 Å². The molecule has 0 amide bonds. The molecule has 0 aliphatic rings. The largest absolute Gasteiger partial charge is 0.492 e. The van der Waals surface area contributed by atoms with Gasteiger partial charge in [-0.1, -0.05) is 44.7 Å². The Kier molecular flexibility index (Phi) is 5.18. The first-order chi connectivity index (χ1) is 10.4. The highest BCUT2D eigenvalue weighted by molar-refractivity contribution is 7.99. The molecule has 1 aromatic heterocycles. The molecule has 1 aromatic carbocycles. The Morgan fingerprint density at radius 2 is 2.05 bits per heavy atom. The summed E-state index contributed by atoms with van der Waals surface area (Å²) < 4.78 is 7.21. The van der Waals surface area contributed by atoms with Crippen LogP contribution in [0.15, 0.2) is 29.4 Å². The van der Waals surface area contributed by atoms with E-state index < -0.39 is 0 Å². The lowest BCUT2D eigenvalue weighted by atomic mass is 9.92. The molecule has 0 N–H and O–H groups in total. The maximum atomic E-state index is 12.1. The van der Waals surface area contributed by atoms with Crippen molar-refractivity contribution in [1.82, 2.24) is 20.2 Å². The van der Waals surface area contributed by atoms with Crippen LogP contribution >= 0.6 is 11.8 Å². The van der Waals surface area contributed by atoms with Gasteiger partial charge in [0.25, 0.3) is 0 Å². The Labute approximate surface area is 134 Å². The molecule has 0 fully saturated rings. The average Bonchev–Trinajstić information content (AvgIpc) is 2.93. The van der Waals surface area contributed by atoms with Gasteiger partial charge < -0.3 is 4.74 Å². The van der Waals surface area contributed by atoms with Gasteiger partial charge in [0.15, 0.2) is 0 Å². The van der Waals surface area contributed by atoms with Gasteiger partial charge >= 0.3 is 0 Å². The second kappa shape index (κ2) is 6.91. The first-order valence-corrected chi connectivity index (χ1v) is 8.08. The zero-order chi connectivity index (χ0) is 16.2. The monoisotopic (exact) mass is 320 g/mol. The molecule has 0 unspecified atom stereocenters. The first-order valence-electron chi connectivity index (χ1n) is 7.10. The Morgan fingerprint density at radius 1 is 1.32 bits per heavy atom. The zero-order valence-electron chi connectivity index (χ0n) is 13.2. The van der Waals surface area contributed by atoms with Crippen LogP contribution in [0.2, 0.25) is 0 Å². The molecule has 7 heteroatoms. The molecule has 0 saturated carbocycles. The number of thioether (sulfide) groups is 1. The van der Waals surface area contributed by atoms with Crippen LogP contribution in [0.3, 0.4) is 0 Å². The summed E-state index contributed by atoms with van der Waals surface area (Å²) in [5.74, 6) is 1.20. The van der Waals surface area contributed by atoms with E-state index in [1.165, 1.54) is 11.8 Å². The molecule has 0 aliphatic carbocycles. The SMILES string of the molecule is CCOc1ccccc1-n1nnnc1SCC(=O)C(C)(C)C. The summed E-state index contributed by atoms with van der Waals surface area (Å²) in [6.07, 6.45) is 0. The third kappa shape index (κ3) is 3.85. The quantitative estimate of drug-likeness (QED) is 0.762. The van der Waals surface area contributed by atoms with Crippen LogP contribution in [-0.2, 0) is 4.79 Å². The van der Waals surface area contributed by atoms with E-state index >= 15 is 0 Å². The molecule has 0 atom stereocenters. The van der Waals surface area contributed by atoms with Gasteiger partial charge in [0, 0.05) is 5.41 Å². The van der Waals surface area contributed by atoms with Gasteiger partial charge in [-0.15, -0.1) is 5.10 Å². The van der Waals surface area contributed by atoms with Crippen LogP contribution in [0.25, 0.3) is 5.69 Å². The van der Waals surface area contributed by atoms with Crippen LogP contribution in [0.4, 0.5) is 0 Å². The van der Waals surface area contributed by atoms with Gasteiger partial charge in [0.05, 0.1) is 12.4 Å². The van der Waals surface area contributed by atoms with Crippen molar-refractivity contribution in [2.75, 3.05) is 12.4 Å². The summed E-state index contributed by atoms with van der Waals surface area (Å²) in [6, 6.07) is 7.55. The van der Waals surface area contributed by atoms with Crippen molar-refractivity contribution in [2.24, 2.45) is 5.41 Å². The van der Waals surface area contributed by atoms with Crippen molar-refractivity contribution in [2.45, 2.75) is 32.9 Å². The molecule has 22 heavy (non-hydrogen) atoms. The third-order valence-corrected chi connectivity index (χ3v) is 3.92. The second-order valence-corrected chi connectivity index (χ2v) is 6.68. The fourth-order valence-corrected chi connectivity index (χ4v) is 2.72. The van der Waals surface area contributed by atoms with Gasteiger partial charge in [0.1, 0.15) is 17.2 Å². The lowest BCUT2D eigenvalue weighted by Gasteiger charge is -2.15. The number of rotatable bonds is 6. The van der Waals surface area contributed by atoms with Gasteiger partial charge in [-0.3, -0.25) is 4.79 Å². The standard InChI is InChI=1S/C15H20N4O2S/c1-5-21-12-9-7-6-8-11(12)19-14(16-17-18-19)22-10-13(20)15(2,3)4/h6-9H,5,10H2,1-4H3. The predicted octanol–water partition coefficient (Wildman–Crippen LogP) is 2.77. The van der Waals surface area contributed by atoms with Crippen molar-refractivity contribution >= 4 is 17.5 Å². The van der Waals surface area contributed by atoms with E-state index in [1.54, 1.807) is 4.68 Å². The summed E-state index contributed by atoms with van der Waals surface area (Å²) in [5.41, 5.74) is 0.397. The number of ether oxygens (including phenoxy) is 1. The van der Waals surface area contributed by atoms with Gasteiger partial charge in [-0.25, -0.2) is 0 Å². The van der Waals surface area contributed by atoms with Crippen LogP contribution in [0.5, 0.6) is 5.75 Å². The molecule has 2 rings (SSSR count). The number of nitrogens with zero attached hydrogens (tertiary/aromatic N) is 4. The number of aromatic nitrogens is 4. The predicted molar refractivity (Wildman–Crippen MR) is 85.5 cm³/mol. The molecule has 118 valence electrons. The van der Waals surface area contributed by atoms with E-state index in [1.807, 2.05) is 52.0 Å². The molecule has 1 heterocycles. The van der Waals surface area contributed by atoms with Crippen molar-refractivity contribution in [1.29, 1.82) is 0 Å². The summed E-state index contributed by atoms with van der Waals surface area (Å²) in [4.78, 5) is 12.1. The lowest BCUT2D eigenvalue weighted by Crippen LogP contribution is -2.22. The van der Waals surface area contributed by atoms with Crippen molar-refractivity contribution in [3.05, 3.63) is 24.3 Å². The molecule has 0 aliphatic heterocycles. The maximum Gasteiger partial charge on any atom is 0.214 e. The van der Waals surface area contributed by atoms with E-state index in [0.717, 1.165) is 5.69 Å². The number of tetrazole rings is 1. The average molecular weight is 320 g/mol. The van der Waals surface area contributed by atoms with Crippen LogP contribution in [-0.4, -0.2) is 38.4 Å². The normalized spacial score (nSPS) is 11.5. The molecular weight excluding hydrogens is 300 g/mol. The van der Waals surface area contributed by atoms with Gasteiger partial charge in [-0.05, 0) is 29.5 Å². The topological polar surface area (TPSA) is 69.9 Å². The first kappa shape index (κ1) is 16.5. The van der Waals surface area contributed by atoms with E-state index in [4.69, 9.17) is 4.74 Å². The minimum atomic E-state index is -0.367. The van der Waals surface area contributed by atoms with Gasteiger partial charge in [-0.2, -0.15) is 4.68 Å². The summed E-state index contributed by atoms with van der Waals surface area (Å²) in [5, 5.41) is 12.3. The molecule has 0 spiro atoms. The molecule has 0 radical (unpaired) electrons. The number of hydrogen-bond donors (Lipinski definition) is 0. The Balaban J connectivity index is 2.22. The van der Waals surface area contributed by atoms with Gasteiger partial charge in [0.2, 0.25) is 5.16 Å². The fourth-order valence-electron chi connectivity index (χ4n) is 1.68. The zero-order valence-corrected chi connectivity index (χ0v) is 14.1. The number of benzene rings is 1. The number of ketones is 1. The smallest absolute Gasteiger partial charge is 0.214 e. The highest BCUT2D eigenvalue weighted by Gasteiger charge is 2.22. The van der Waals surface area contributed by atoms with Crippen molar-refractivity contribution in [3.8, 4) is 11.4 Å². The van der Waals surface area contributed by atoms with Crippen LogP contribution in [0.1, 0.15) is 27.7 Å². The summed E-state index contributed by atoms with van der Waals surface area (Å²) in [6.45, 7) is 8.20. The van der Waals surface area contributed by atoms with Crippen molar-refractivity contribution in [3.63, 3.8) is 0 Å². The third-order valence-electron chi connectivity index (χ3n) is 3.00. The summed E-state index contributed by atoms with van der Waals surface area (Å²) in [7, 11) is 0. The molecular formula is C15H20N4O2S. The maximum absolute atomic E-state index is 12.1. The Hall–Kier alpha value is -1.89. The number of carbonyl (C=O) groups is 1. The van der Waals surface area contributed by atoms with E-state index in [2.05, 4.69) is 15.5 Å². The van der Waals surface area contributed by atoms with Crippen molar-refractivity contribution < 1.29 is 9.53 Å². The van der Waals surface area contributed by atoms with E-state index in [-0.39, 0.29) is 11.2 Å². The second-order valence-electron chi connectivity index (χ2n) is 5.74. The molecule has 0 saturated heterocycles. The lowest BCUT2D eigenvalue weighted by molar-refractivity contribution is -0.123. The Morgan fingerprint density at radius 3 is 2.73 bits per heavy atom. The highest BCUT2D eigenvalue weighted by atomic mass is 32.2. The highest BCUT2D eigenvalue weighted by Crippen LogP contribution is 2.27. The number of Topliss-reactive ketones (excluding diaryl/α,β-unsaturated/α-hetero) is 1. The van der Waals surface area contributed by atoms with E-state index in [0.29, 0.717) is 23.3 Å². The fraction of sp³-hybridized carbons (Fsp3) is 0.467. The summed E-state index contributed by atoms with van der Waals surface area (Å²) >= 11 is 1.33. The molecule has 6 nitrogen and oxygen atoms in total. The molecule has 0 bridgehead atoms. The number of para-hydroxylation sites is 2. The minimum absolute atomic E-state index is 0.158.